The van der Waals surface area contributed by atoms with Gasteiger partial charge in [0, 0.05) is 0 Å². The average Bonchev–Trinajstić information content (AvgIpc) is 2.55. The van der Waals surface area contributed by atoms with Crippen molar-refractivity contribution in [3.05, 3.63) is 65.2 Å². The first-order chi connectivity index (χ1) is 11.8. The maximum absolute atomic E-state index is 12.9. The predicted octanol–water partition coefficient (Wildman–Crippen LogP) is 3.74. The lowest BCUT2D eigenvalue weighted by molar-refractivity contribution is -0.146. The second-order valence-electron chi connectivity index (χ2n) is 5.36. The van der Waals surface area contributed by atoms with Gasteiger partial charge in [0.05, 0.1) is 17.7 Å². The number of hydrogen-bond acceptors (Lipinski definition) is 3. The van der Waals surface area contributed by atoms with E-state index in [1.807, 2.05) is 19.1 Å². The number of anilines is 1. The zero-order valence-electron chi connectivity index (χ0n) is 13.4. The van der Waals surface area contributed by atoms with Crippen LogP contribution >= 0.6 is 0 Å². The number of alkyl halides is 3. The van der Waals surface area contributed by atoms with Crippen LogP contribution < -0.4 is 5.32 Å². The van der Waals surface area contributed by atoms with E-state index in [9.17, 15) is 22.8 Å². The van der Waals surface area contributed by atoms with Gasteiger partial charge in [0.2, 0.25) is 0 Å². The first kappa shape index (κ1) is 18.5. The molecule has 2 rings (SSSR count). The average molecular weight is 351 g/mol. The lowest BCUT2D eigenvalue weighted by Gasteiger charge is -2.13. The second kappa shape index (κ2) is 7.83. The maximum atomic E-state index is 12.9. The summed E-state index contributed by atoms with van der Waals surface area (Å²) in [5, 5.41) is 2.11. The number of esters is 1. The van der Waals surface area contributed by atoms with E-state index in [-0.39, 0.29) is 12.1 Å². The van der Waals surface area contributed by atoms with Crippen molar-refractivity contribution in [2.45, 2.75) is 19.5 Å². The normalized spacial score (nSPS) is 11.0. The van der Waals surface area contributed by atoms with Crippen LogP contribution in [0.2, 0.25) is 0 Å². The van der Waals surface area contributed by atoms with Gasteiger partial charge >= 0.3 is 12.1 Å². The molecular formula is C18H16F3NO3. The second-order valence-corrected chi connectivity index (χ2v) is 5.36. The van der Waals surface area contributed by atoms with Crippen LogP contribution in [0.5, 0.6) is 0 Å². The van der Waals surface area contributed by atoms with Crippen molar-refractivity contribution in [1.29, 1.82) is 0 Å². The summed E-state index contributed by atoms with van der Waals surface area (Å²) in [5.41, 5.74) is 0.322. The number of amides is 1. The van der Waals surface area contributed by atoms with E-state index in [2.05, 4.69) is 5.32 Å². The van der Waals surface area contributed by atoms with Crippen molar-refractivity contribution in [1.82, 2.24) is 0 Å². The zero-order chi connectivity index (χ0) is 18.4. The van der Waals surface area contributed by atoms with Crippen LogP contribution in [0.1, 0.15) is 16.7 Å². The Morgan fingerprint density at radius 2 is 1.68 bits per heavy atom. The van der Waals surface area contributed by atoms with Crippen LogP contribution in [-0.2, 0) is 26.9 Å². The molecule has 0 aromatic heterocycles. The number of ether oxygens (including phenoxy) is 1. The third kappa shape index (κ3) is 5.34. The Morgan fingerprint density at radius 1 is 1.04 bits per heavy atom. The Labute approximate surface area is 142 Å². The first-order valence-electron chi connectivity index (χ1n) is 7.43. The molecule has 0 bridgehead atoms. The fourth-order valence-electron chi connectivity index (χ4n) is 2.19. The molecule has 1 amide bonds. The molecule has 1 N–H and O–H groups in total. The smallest absolute Gasteiger partial charge is 0.418 e. The van der Waals surface area contributed by atoms with Gasteiger partial charge in [0.25, 0.3) is 5.91 Å². The highest BCUT2D eigenvalue weighted by atomic mass is 19.4. The quantitative estimate of drug-likeness (QED) is 0.835. The number of aryl methyl sites for hydroxylation is 1. The Kier molecular flexibility index (Phi) is 5.80. The molecule has 0 saturated carbocycles. The molecule has 0 unspecified atom stereocenters. The van der Waals surface area contributed by atoms with Crippen molar-refractivity contribution in [3.63, 3.8) is 0 Å². The predicted molar refractivity (Wildman–Crippen MR) is 85.9 cm³/mol. The topological polar surface area (TPSA) is 55.4 Å². The van der Waals surface area contributed by atoms with Crippen molar-refractivity contribution in [2.24, 2.45) is 0 Å². The van der Waals surface area contributed by atoms with Crippen molar-refractivity contribution < 1.29 is 27.5 Å². The summed E-state index contributed by atoms with van der Waals surface area (Å²) < 4.78 is 43.4. The minimum Gasteiger partial charge on any atom is -0.455 e. The Bertz CT molecular complexity index is 772. The van der Waals surface area contributed by atoms with E-state index in [4.69, 9.17) is 4.74 Å². The first-order valence-corrected chi connectivity index (χ1v) is 7.43. The highest BCUT2D eigenvalue weighted by molar-refractivity contribution is 5.93. The van der Waals surface area contributed by atoms with Gasteiger partial charge in [-0.2, -0.15) is 13.2 Å². The van der Waals surface area contributed by atoms with Crippen LogP contribution in [0, 0.1) is 6.92 Å². The molecule has 132 valence electrons. The maximum Gasteiger partial charge on any atom is 0.418 e. The molecule has 2 aromatic rings. The molecule has 0 aliphatic carbocycles. The van der Waals surface area contributed by atoms with Gasteiger partial charge in [-0.25, -0.2) is 0 Å². The van der Waals surface area contributed by atoms with Crippen LogP contribution in [-0.4, -0.2) is 18.5 Å². The molecule has 0 atom stereocenters. The summed E-state index contributed by atoms with van der Waals surface area (Å²) in [7, 11) is 0. The highest BCUT2D eigenvalue weighted by Crippen LogP contribution is 2.34. The van der Waals surface area contributed by atoms with Gasteiger partial charge in [-0.15, -0.1) is 0 Å². The van der Waals surface area contributed by atoms with E-state index < -0.39 is 30.2 Å². The van der Waals surface area contributed by atoms with E-state index >= 15 is 0 Å². The van der Waals surface area contributed by atoms with Crippen LogP contribution in [0.4, 0.5) is 18.9 Å². The Balaban J connectivity index is 1.91. The highest BCUT2D eigenvalue weighted by Gasteiger charge is 2.33. The van der Waals surface area contributed by atoms with Crippen molar-refractivity contribution >= 4 is 17.6 Å². The van der Waals surface area contributed by atoms with Gasteiger partial charge < -0.3 is 10.1 Å². The Morgan fingerprint density at radius 3 is 2.36 bits per heavy atom. The molecule has 2 aromatic carbocycles. The molecule has 0 heterocycles. The number of hydrogen-bond donors (Lipinski definition) is 1. The number of para-hydroxylation sites is 1. The van der Waals surface area contributed by atoms with Crippen LogP contribution in [0.15, 0.2) is 48.5 Å². The third-order valence-corrected chi connectivity index (χ3v) is 3.47. The van der Waals surface area contributed by atoms with E-state index in [1.54, 1.807) is 12.1 Å². The molecular weight excluding hydrogens is 335 g/mol. The molecule has 0 aliphatic rings. The van der Waals surface area contributed by atoms with E-state index in [0.29, 0.717) is 0 Å². The molecule has 0 saturated heterocycles. The lowest BCUT2D eigenvalue weighted by Crippen LogP contribution is -2.23. The van der Waals surface area contributed by atoms with Gasteiger partial charge in [-0.1, -0.05) is 36.4 Å². The minimum atomic E-state index is -4.59. The van der Waals surface area contributed by atoms with Gasteiger partial charge in [-0.3, -0.25) is 9.59 Å². The van der Waals surface area contributed by atoms with E-state index in [1.165, 1.54) is 12.1 Å². The summed E-state index contributed by atoms with van der Waals surface area (Å²) in [6, 6.07) is 11.8. The molecule has 0 aliphatic heterocycles. The summed E-state index contributed by atoms with van der Waals surface area (Å²) in [4.78, 5) is 23.5. The minimum absolute atomic E-state index is 0.0148. The lowest BCUT2D eigenvalue weighted by atomic mass is 10.1. The number of carbonyl (C=O) groups is 2. The standard InChI is InChI=1S/C18H16F3NO3/c1-12-6-2-3-7-13(12)10-17(24)25-11-16(23)22-15-9-5-4-8-14(15)18(19,20)21/h2-9H,10-11H2,1H3,(H,22,23). The summed E-state index contributed by atoms with van der Waals surface area (Å²) in [5.74, 6) is -1.47. The van der Waals surface area contributed by atoms with Crippen molar-refractivity contribution in [2.75, 3.05) is 11.9 Å². The number of halogens is 3. The third-order valence-electron chi connectivity index (χ3n) is 3.47. The number of nitrogens with one attached hydrogen (secondary N) is 1. The zero-order valence-corrected chi connectivity index (χ0v) is 13.4. The van der Waals surface area contributed by atoms with Crippen LogP contribution in [0.3, 0.4) is 0 Å². The summed E-state index contributed by atoms with van der Waals surface area (Å²) in [6.07, 6.45) is -4.61. The fraction of sp³-hybridized carbons (Fsp3) is 0.222. The number of benzene rings is 2. The van der Waals surface area contributed by atoms with Crippen LogP contribution in [0.25, 0.3) is 0 Å². The summed E-state index contributed by atoms with van der Waals surface area (Å²) >= 11 is 0. The molecule has 0 spiro atoms. The largest absolute Gasteiger partial charge is 0.455 e. The van der Waals surface area contributed by atoms with Gasteiger partial charge in [0.1, 0.15) is 0 Å². The Hall–Kier alpha value is -2.83. The van der Waals surface area contributed by atoms with Crippen molar-refractivity contribution in [3.8, 4) is 0 Å². The monoisotopic (exact) mass is 351 g/mol. The van der Waals surface area contributed by atoms with Gasteiger partial charge in [-0.05, 0) is 30.2 Å². The number of carbonyl (C=O) groups excluding carboxylic acids is 2. The van der Waals surface area contributed by atoms with Gasteiger partial charge in [0.15, 0.2) is 6.61 Å². The van der Waals surface area contributed by atoms with E-state index in [0.717, 1.165) is 23.3 Å². The molecule has 25 heavy (non-hydrogen) atoms. The molecule has 0 fully saturated rings. The molecule has 7 heteroatoms. The molecule has 4 nitrogen and oxygen atoms in total. The molecule has 0 radical (unpaired) electrons. The SMILES string of the molecule is Cc1ccccc1CC(=O)OCC(=O)Nc1ccccc1C(F)(F)F. The summed E-state index contributed by atoms with van der Waals surface area (Å²) in [6.45, 7) is 1.18. The fourth-order valence-corrected chi connectivity index (χ4v) is 2.19. The number of rotatable bonds is 5.